The van der Waals surface area contributed by atoms with E-state index in [1.165, 1.54) is 22.9 Å². The molecule has 2 rings (SSSR count). The maximum atomic E-state index is 5.22. The van der Waals surface area contributed by atoms with Crippen molar-refractivity contribution in [3.8, 4) is 12.3 Å². The van der Waals surface area contributed by atoms with Crippen molar-refractivity contribution in [1.82, 2.24) is 5.32 Å². The first-order valence-electron chi connectivity index (χ1n) is 6.22. The highest BCUT2D eigenvalue weighted by molar-refractivity contribution is 9.10. The van der Waals surface area contributed by atoms with Crippen LogP contribution in [-0.2, 0) is 0 Å². The van der Waals surface area contributed by atoms with E-state index >= 15 is 0 Å². The van der Waals surface area contributed by atoms with Crippen LogP contribution in [0.1, 0.15) is 37.2 Å². The van der Waals surface area contributed by atoms with Crippen molar-refractivity contribution in [3.63, 3.8) is 0 Å². The molecule has 1 N–H and O–H groups in total. The number of nitrogens with one attached hydrogen (secondary N) is 1. The number of rotatable bonds is 5. The van der Waals surface area contributed by atoms with Gasteiger partial charge in [-0.2, -0.15) is 0 Å². The Balaban J connectivity index is 1.70. The summed E-state index contributed by atoms with van der Waals surface area (Å²) in [4.78, 5) is 0. The van der Waals surface area contributed by atoms with Crippen LogP contribution >= 0.6 is 15.9 Å². The van der Waals surface area contributed by atoms with Gasteiger partial charge in [0, 0.05) is 16.9 Å². The fourth-order valence-corrected chi connectivity index (χ4v) is 2.73. The van der Waals surface area contributed by atoms with Crippen LogP contribution in [0.3, 0.4) is 0 Å². The van der Waals surface area contributed by atoms with Crippen LogP contribution in [0.4, 0.5) is 0 Å². The Bertz CT molecular complexity index is 402. The third kappa shape index (κ3) is 3.59. The second-order valence-corrected chi connectivity index (χ2v) is 5.60. The Kier molecular flexibility index (Phi) is 4.65. The third-order valence-corrected chi connectivity index (χ3v) is 3.88. The van der Waals surface area contributed by atoms with Gasteiger partial charge in [0.2, 0.25) is 0 Å². The molecule has 0 heterocycles. The van der Waals surface area contributed by atoms with Crippen LogP contribution < -0.4 is 5.32 Å². The Hall–Kier alpha value is -0.780. The summed E-state index contributed by atoms with van der Waals surface area (Å²) in [7, 11) is 0. The number of benzene rings is 1. The molecule has 1 aromatic carbocycles. The lowest BCUT2D eigenvalue weighted by atomic mass is 9.76. The van der Waals surface area contributed by atoms with E-state index in [4.69, 9.17) is 6.42 Å². The minimum absolute atomic E-state index is 0.691. The lowest BCUT2D eigenvalue weighted by molar-refractivity contribution is 0.291. The molecule has 0 amide bonds. The van der Waals surface area contributed by atoms with Gasteiger partial charge in [0.15, 0.2) is 0 Å². The van der Waals surface area contributed by atoms with Gasteiger partial charge >= 0.3 is 0 Å². The molecule has 90 valence electrons. The number of hydrogen-bond donors (Lipinski definition) is 1. The molecule has 0 aromatic heterocycles. The molecule has 0 unspecified atom stereocenters. The predicted molar refractivity (Wildman–Crippen MR) is 76.0 cm³/mol. The molecule has 2 heteroatoms. The van der Waals surface area contributed by atoms with Crippen LogP contribution in [0.2, 0.25) is 0 Å². The van der Waals surface area contributed by atoms with Crippen molar-refractivity contribution in [2.45, 2.75) is 37.6 Å². The van der Waals surface area contributed by atoms with E-state index in [0.29, 0.717) is 6.04 Å². The molecule has 0 spiro atoms. The van der Waals surface area contributed by atoms with Crippen molar-refractivity contribution in [2.75, 3.05) is 6.54 Å². The highest BCUT2D eigenvalue weighted by Gasteiger charge is 2.29. The molecule has 17 heavy (non-hydrogen) atoms. The number of hydrogen-bond acceptors (Lipinski definition) is 1. The van der Waals surface area contributed by atoms with Crippen LogP contribution in [0.15, 0.2) is 28.7 Å². The Morgan fingerprint density at radius 1 is 1.41 bits per heavy atom. The monoisotopic (exact) mass is 291 g/mol. The summed E-state index contributed by atoms with van der Waals surface area (Å²) in [6.07, 6.45) is 9.71. The van der Waals surface area contributed by atoms with Crippen molar-refractivity contribution < 1.29 is 0 Å². The second kappa shape index (κ2) is 6.23. The average Bonchev–Trinajstić information content (AvgIpc) is 2.26. The van der Waals surface area contributed by atoms with Gasteiger partial charge in [0.05, 0.1) is 0 Å². The summed E-state index contributed by atoms with van der Waals surface area (Å²) in [5.41, 5.74) is 1.46. The molecule has 1 nitrogen and oxygen atoms in total. The summed E-state index contributed by atoms with van der Waals surface area (Å²) >= 11 is 3.52. The molecule has 1 aliphatic carbocycles. The van der Waals surface area contributed by atoms with E-state index in [0.717, 1.165) is 25.3 Å². The number of terminal acetylenes is 1. The van der Waals surface area contributed by atoms with E-state index in [-0.39, 0.29) is 0 Å². The maximum absolute atomic E-state index is 5.22. The van der Waals surface area contributed by atoms with Gasteiger partial charge in [-0.05, 0) is 49.4 Å². The Morgan fingerprint density at radius 2 is 2.24 bits per heavy atom. The fraction of sp³-hybridized carbons (Fsp3) is 0.467. The second-order valence-electron chi connectivity index (χ2n) is 4.68. The van der Waals surface area contributed by atoms with E-state index < -0.39 is 0 Å². The minimum Gasteiger partial charge on any atom is -0.314 e. The average molecular weight is 292 g/mol. The molecule has 1 aromatic rings. The molecule has 1 fully saturated rings. The molecule has 0 aliphatic heterocycles. The topological polar surface area (TPSA) is 12.0 Å². The molecule has 1 aliphatic rings. The first-order chi connectivity index (χ1) is 8.29. The SMILES string of the molecule is C#CCCCNC1CC(c2cccc(Br)c2)C1. The van der Waals surface area contributed by atoms with Gasteiger partial charge in [-0.25, -0.2) is 0 Å². The predicted octanol–water partition coefficient (Wildman–Crippen LogP) is 3.70. The highest BCUT2D eigenvalue weighted by atomic mass is 79.9. The molecular formula is C15H18BrN. The molecule has 0 saturated heterocycles. The van der Waals surface area contributed by atoms with Gasteiger partial charge in [-0.15, -0.1) is 12.3 Å². The highest BCUT2D eigenvalue weighted by Crippen LogP contribution is 2.37. The van der Waals surface area contributed by atoms with Crippen LogP contribution in [-0.4, -0.2) is 12.6 Å². The number of unbranched alkanes of at least 4 members (excludes halogenated alkanes) is 1. The van der Waals surface area contributed by atoms with Gasteiger partial charge < -0.3 is 5.32 Å². The Labute approximate surface area is 112 Å². The standard InChI is InChI=1S/C15H18BrN/c1-2-3-4-8-17-15-10-13(11-15)12-6-5-7-14(16)9-12/h1,5-7,9,13,15,17H,3-4,8,10-11H2. The van der Waals surface area contributed by atoms with Crippen molar-refractivity contribution in [2.24, 2.45) is 0 Å². The largest absolute Gasteiger partial charge is 0.314 e. The molecule has 0 radical (unpaired) electrons. The third-order valence-electron chi connectivity index (χ3n) is 3.39. The summed E-state index contributed by atoms with van der Waals surface area (Å²) in [5, 5.41) is 3.56. The summed E-state index contributed by atoms with van der Waals surface area (Å²) in [6.45, 7) is 1.06. The lowest BCUT2D eigenvalue weighted by Crippen LogP contribution is -2.40. The van der Waals surface area contributed by atoms with Crippen molar-refractivity contribution in [1.29, 1.82) is 0 Å². The summed E-state index contributed by atoms with van der Waals surface area (Å²) in [5.74, 6) is 3.41. The van der Waals surface area contributed by atoms with Gasteiger partial charge in [0.25, 0.3) is 0 Å². The van der Waals surface area contributed by atoms with Crippen LogP contribution in [0, 0.1) is 12.3 Å². The van der Waals surface area contributed by atoms with E-state index in [1.807, 2.05) is 0 Å². The summed E-state index contributed by atoms with van der Waals surface area (Å²) in [6, 6.07) is 9.35. The van der Waals surface area contributed by atoms with Gasteiger partial charge in [0.1, 0.15) is 0 Å². The zero-order valence-electron chi connectivity index (χ0n) is 9.95. The molecule has 0 bridgehead atoms. The maximum Gasteiger partial charge on any atom is 0.0178 e. The zero-order chi connectivity index (χ0) is 12.1. The Morgan fingerprint density at radius 3 is 2.94 bits per heavy atom. The van der Waals surface area contributed by atoms with Crippen molar-refractivity contribution >= 4 is 15.9 Å². The smallest absolute Gasteiger partial charge is 0.0178 e. The first-order valence-corrected chi connectivity index (χ1v) is 7.01. The molecule has 0 atom stereocenters. The first kappa shape index (κ1) is 12.7. The van der Waals surface area contributed by atoms with Crippen LogP contribution in [0.25, 0.3) is 0 Å². The zero-order valence-corrected chi connectivity index (χ0v) is 11.5. The molecule has 1 saturated carbocycles. The van der Waals surface area contributed by atoms with Gasteiger partial charge in [-0.1, -0.05) is 28.1 Å². The fourth-order valence-electron chi connectivity index (χ4n) is 2.31. The van der Waals surface area contributed by atoms with E-state index in [2.05, 4.69) is 51.4 Å². The minimum atomic E-state index is 0.691. The number of halogens is 1. The van der Waals surface area contributed by atoms with Crippen molar-refractivity contribution in [3.05, 3.63) is 34.3 Å². The van der Waals surface area contributed by atoms with Gasteiger partial charge in [-0.3, -0.25) is 0 Å². The lowest BCUT2D eigenvalue weighted by Gasteiger charge is -2.36. The summed E-state index contributed by atoms with van der Waals surface area (Å²) < 4.78 is 1.18. The normalized spacial score (nSPS) is 22.8. The van der Waals surface area contributed by atoms with E-state index in [1.54, 1.807) is 0 Å². The van der Waals surface area contributed by atoms with Crippen LogP contribution in [0.5, 0.6) is 0 Å². The quantitative estimate of drug-likeness (QED) is 0.644. The molecular weight excluding hydrogens is 274 g/mol. The van der Waals surface area contributed by atoms with E-state index in [9.17, 15) is 0 Å².